The molecule has 5 nitrogen and oxygen atoms in total. The van der Waals surface area contributed by atoms with Crippen LogP contribution in [0.4, 0.5) is 5.69 Å². The maximum absolute atomic E-state index is 12.1. The average Bonchev–Trinajstić information content (AvgIpc) is 2.47. The van der Waals surface area contributed by atoms with E-state index in [1.54, 1.807) is 6.07 Å². The molecule has 0 amide bonds. The summed E-state index contributed by atoms with van der Waals surface area (Å²) in [6.45, 7) is 4.57. The third-order valence-electron chi connectivity index (χ3n) is 3.37. The fourth-order valence-electron chi connectivity index (χ4n) is 1.95. The number of carbonyl (C=O) groups is 1. The van der Waals surface area contributed by atoms with Gasteiger partial charge in [-0.3, -0.25) is 10.1 Å². The molecule has 1 aromatic rings. The normalized spacial score (nSPS) is 12.0. The predicted molar refractivity (Wildman–Crippen MR) is 89.4 cm³/mol. The van der Waals surface area contributed by atoms with Gasteiger partial charge in [0.05, 0.1) is 17.1 Å². The van der Waals surface area contributed by atoms with E-state index in [4.69, 9.17) is 4.74 Å². The van der Waals surface area contributed by atoms with Gasteiger partial charge in [-0.1, -0.05) is 33.1 Å². The average molecular weight is 405 g/mol. The minimum absolute atomic E-state index is 0.0969. The van der Waals surface area contributed by atoms with E-state index >= 15 is 0 Å². The Balaban J connectivity index is 2.70. The molecule has 1 aromatic carbocycles. The summed E-state index contributed by atoms with van der Waals surface area (Å²) in [6, 6.07) is 4.22. The third kappa shape index (κ3) is 5.61. The first kappa shape index (κ1) is 17.9. The smallest absolute Gasteiger partial charge is 0.339 e. The van der Waals surface area contributed by atoms with E-state index in [0.717, 1.165) is 25.7 Å². The van der Waals surface area contributed by atoms with E-state index in [1.807, 2.05) is 22.6 Å². The topological polar surface area (TPSA) is 69.4 Å². The van der Waals surface area contributed by atoms with Gasteiger partial charge in [-0.2, -0.15) is 0 Å². The standard InChI is InChI=1S/C15H20INO4/c1-3-5-6-11(4-2)10-21-15(18)13-9-12(17(19)20)7-8-14(13)16/h7-9,11H,3-6,10H2,1-2H3. The first-order chi connectivity index (χ1) is 9.99. The Morgan fingerprint density at radius 1 is 1.43 bits per heavy atom. The SMILES string of the molecule is CCCCC(CC)COC(=O)c1cc([N+](=O)[O-])ccc1I. The Morgan fingerprint density at radius 2 is 2.14 bits per heavy atom. The van der Waals surface area contributed by atoms with Crippen LogP contribution in [0, 0.1) is 19.6 Å². The number of ether oxygens (including phenoxy) is 1. The number of nitrogens with zero attached hydrogens (tertiary/aromatic N) is 1. The molecule has 1 rings (SSSR count). The quantitative estimate of drug-likeness (QED) is 0.275. The summed E-state index contributed by atoms with van der Waals surface area (Å²) in [4.78, 5) is 22.3. The molecule has 1 atom stereocenters. The van der Waals surface area contributed by atoms with Gasteiger partial charge in [-0.15, -0.1) is 0 Å². The molecular formula is C15H20INO4. The van der Waals surface area contributed by atoms with Crippen molar-refractivity contribution in [2.75, 3.05) is 6.61 Å². The summed E-state index contributed by atoms with van der Waals surface area (Å²) < 4.78 is 5.98. The van der Waals surface area contributed by atoms with Crippen LogP contribution < -0.4 is 0 Å². The van der Waals surface area contributed by atoms with E-state index in [-0.39, 0.29) is 11.3 Å². The molecule has 0 aliphatic carbocycles. The van der Waals surface area contributed by atoms with Gasteiger partial charge in [0.15, 0.2) is 0 Å². The maximum Gasteiger partial charge on any atom is 0.339 e. The van der Waals surface area contributed by atoms with Crippen LogP contribution in [0.5, 0.6) is 0 Å². The number of hydrogen-bond donors (Lipinski definition) is 0. The van der Waals surface area contributed by atoms with Crippen LogP contribution in [-0.2, 0) is 4.74 Å². The molecule has 0 aromatic heterocycles. The van der Waals surface area contributed by atoms with Crippen LogP contribution >= 0.6 is 22.6 Å². The minimum Gasteiger partial charge on any atom is -0.462 e. The highest BCUT2D eigenvalue weighted by molar-refractivity contribution is 14.1. The molecule has 0 spiro atoms. The van der Waals surface area contributed by atoms with Gasteiger partial charge in [0, 0.05) is 15.7 Å². The third-order valence-corrected chi connectivity index (χ3v) is 4.31. The molecule has 0 N–H and O–H groups in total. The minimum atomic E-state index is -0.511. The zero-order valence-electron chi connectivity index (χ0n) is 12.3. The molecule has 21 heavy (non-hydrogen) atoms. The Bertz CT molecular complexity index is 504. The number of carbonyl (C=O) groups excluding carboxylic acids is 1. The van der Waals surface area contributed by atoms with Crippen molar-refractivity contribution in [3.63, 3.8) is 0 Å². The highest BCUT2D eigenvalue weighted by Gasteiger charge is 2.18. The summed E-state index contributed by atoms with van der Waals surface area (Å²) in [6.07, 6.45) is 4.23. The van der Waals surface area contributed by atoms with E-state index in [2.05, 4.69) is 13.8 Å². The summed E-state index contributed by atoms with van der Waals surface area (Å²) in [7, 11) is 0. The molecule has 0 saturated carbocycles. The van der Waals surface area contributed by atoms with Crippen LogP contribution in [0.25, 0.3) is 0 Å². The Morgan fingerprint density at radius 3 is 2.71 bits per heavy atom. The monoisotopic (exact) mass is 405 g/mol. The summed E-state index contributed by atoms with van der Waals surface area (Å²) in [5.74, 6) is -0.136. The Kier molecular flexibility index (Phi) is 7.63. The van der Waals surface area contributed by atoms with E-state index in [9.17, 15) is 14.9 Å². The lowest BCUT2D eigenvalue weighted by atomic mass is 10.0. The largest absolute Gasteiger partial charge is 0.462 e. The van der Waals surface area contributed by atoms with Crippen molar-refractivity contribution >= 4 is 34.2 Å². The lowest BCUT2D eigenvalue weighted by Crippen LogP contribution is -2.15. The molecule has 6 heteroatoms. The second-order valence-corrected chi connectivity index (χ2v) is 6.10. The van der Waals surface area contributed by atoms with Crippen molar-refractivity contribution in [3.8, 4) is 0 Å². The Hall–Kier alpha value is -1.18. The summed E-state index contributed by atoms with van der Waals surface area (Å²) >= 11 is 1.98. The van der Waals surface area contributed by atoms with Crippen molar-refractivity contribution < 1.29 is 14.5 Å². The highest BCUT2D eigenvalue weighted by Crippen LogP contribution is 2.21. The van der Waals surface area contributed by atoms with E-state index in [1.165, 1.54) is 12.1 Å². The van der Waals surface area contributed by atoms with Crippen molar-refractivity contribution in [1.82, 2.24) is 0 Å². The second-order valence-electron chi connectivity index (χ2n) is 4.94. The zero-order valence-corrected chi connectivity index (χ0v) is 14.5. The molecule has 0 aliphatic rings. The van der Waals surface area contributed by atoms with Gasteiger partial charge in [0.1, 0.15) is 0 Å². The lowest BCUT2D eigenvalue weighted by molar-refractivity contribution is -0.384. The highest BCUT2D eigenvalue weighted by atomic mass is 127. The molecule has 1 unspecified atom stereocenters. The molecule has 116 valence electrons. The van der Waals surface area contributed by atoms with E-state index < -0.39 is 10.9 Å². The fourth-order valence-corrected chi connectivity index (χ4v) is 2.51. The van der Waals surface area contributed by atoms with Crippen LogP contribution in [0.3, 0.4) is 0 Å². The first-order valence-electron chi connectivity index (χ1n) is 7.10. The molecule has 0 saturated heterocycles. The lowest BCUT2D eigenvalue weighted by Gasteiger charge is -2.14. The number of nitro groups is 1. The fraction of sp³-hybridized carbons (Fsp3) is 0.533. The Labute approximate surface area is 138 Å². The van der Waals surface area contributed by atoms with Gasteiger partial charge < -0.3 is 4.74 Å². The molecule has 0 fully saturated rings. The van der Waals surface area contributed by atoms with Crippen molar-refractivity contribution in [2.24, 2.45) is 5.92 Å². The number of esters is 1. The van der Waals surface area contributed by atoms with Gasteiger partial charge in [-0.25, -0.2) is 4.79 Å². The number of hydrogen-bond acceptors (Lipinski definition) is 4. The maximum atomic E-state index is 12.1. The number of unbranched alkanes of at least 4 members (excludes halogenated alkanes) is 1. The predicted octanol–water partition coefficient (Wildman–Crippen LogP) is 4.57. The number of benzene rings is 1. The van der Waals surface area contributed by atoms with Crippen LogP contribution in [0.15, 0.2) is 18.2 Å². The molecule has 0 radical (unpaired) electrons. The number of non-ortho nitro benzene ring substituents is 1. The van der Waals surface area contributed by atoms with Crippen molar-refractivity contribution in [3.05, 3.63) is 37.4 Å². The molecule has 0 bridgehead atoms. The number of nitro benzene ring substituents is 1. The molecule has 0 heterocycles. The number of rotatable bonds is 8. The molecule has 0 aliphatic heterocycles. The summed E-state index contributed by atoms with van der Waals surface area (Å²) in [5.41, 5.74) is 0.163. The van der Waals surface area contributed by atoms with Crippen molar-refractivity contribution in [2.45, 2.75) is 39.5 Å². The second kappa shape index (κ2) is 8.96. The first-order valence-corrected chi connectivity index (χ1v) is 8.18. The van der Waals surface area contributed by atoms with Crippen LogP contribution in [0.2, 0.25) is 0 Å². The zero-order chi connectivity index (χ0) is 15.8. The van der Waals surface area contributed by atoms with Gasteiger partial charge >= 0.3 is 5.97 Å². The van der Waals surface area contributed by atoms with Gasteiger partial charge in [0.25, 0.3) is 5.69 Å². The van der Waals surface area contributed by atoms with Crippen LogP contribution in [-0.4, -0.2) is 17.5 Å². The summed E-state index contributed by atoms with van der Waals surface area (Å²) in [5, 5.41) is 10.8. The van der Waals surface area contributed by atoms with Crippen LogP contribution in [0.1, 0.15) is 49.9 Å². The number of halogens is 1. The van der Waals surface area contributed by atoms with E-state index in [0.29, 0.717) is 16.1 Å². The van der Waals surface area contributed by atoms with Gasteiger partial charge in [0.2, 0.25) is 0 Å². The van der Waals surface area contributed by atoms with Gasteiger partial charge in [-0.05, 0) is 41.0 Å². The van der Waals surface area contributed by atoms with Crippen molar-refractivity contribution in [1.29, 1.82) is 0 Å². The molecular weight excluding hydrogens is 385 g/mol.